The minimum atomic E-state index is -0.141. The summed E-state index contributed by atoms with van der Waals surface area (Å²) in [6.07, 6.45) is 7.04. The molecule has 1 saturated carbocycles. The molecule has 0 spiro atoms. The average molecular weight is 329 g/mol. The molecule has 1 fully saturated rings. The van der Waals surface area contributed by atoms with Crippen molar-refractivity contribution in [3.8, 4) is 0 Å². The number of rotatable bonds is 5. The van der Waals surface area contributed by atoms with Gasteiger partial charge in [-0.05, 0) is 24.8 Å². The monoisotopic (exact) mass is 329 g/mol. The fourth-order valence-corrected chi connectivity index (χ4v) is 4.17. The third-order valence-corrected chi connectivity index (χ3v) is 5.55. The topological polar surface area (TPSA) is 54.9 Å². The van der Waals surface area contributed by atoms with Crippen molar-refractivity contribution in [1.82, 2.24) is 10.2 Å². The highest BCUT2D eigenvalue weighted by molar-refractivity contribution is 7.15. The van der Waals surface area contributed by atoms with E-state index in [1.54, 1.807) is 0 Å². The third kappa shape index (κ3) is 3.96. The van der Waals surface area contributed by atoms with Gasteiger partial charge in [0.1, 0.15) is 5.01 Å². The number of hydrogen-bond donors (Lipinski definition) is 1. The van der Waals surface area contributed by atoms with Crippen LogP contribution in [0.2, 0.25) is 0 Å². The fourth-order valence-electron chi connectivity index (χ4n) is 3.25. The number of amides is 1. The number of hydrogen-bond acceptors (Lipinski definition) is 4. The molecule has 5 heteroatoms. The molecule has 1 aliphatic carbocycles. The summed E-state index contributed by atoms with van der Waals surface area (Å²) in [4.78, 5) is 12.6. The molecule has 0 radical (unpaired) electrons. The highest BCUT2D eigenvalue weighted by Gasteiger charge is 2.22. The number of anilines is 1. The third-order valence-electron chi connectivity index (χ3n) is 4.55. The van der Waals surface area contributed by atoms with Crippen LogP contribution in [-0.4, -0.2) is 16.1 Å². The Kier molecular flexibility index (Phi) is 5.39. The molecule has 0 aliphatic heterocycles. The second-order valence-corrected chi connectivity index (χ2v) is 7.15. The van der Waals surface area contributed by atoms with E-state index >= 15 is 0 Å². The Labute approximate surface area is 141 Å². The molecular weight excluding hydrogens is 306 g/mol. The molecule has 0 saturated heterocycles. The molecule has 1 amide bonds. The second-order valence-electron chi connectivity index (χ2n) is 6.14. The van der Waals surface area contributed by atoms with Crippen molar-refractivity contribution in [3.05, 3.63) is 40.9 Å². The normalized spacial score (nSPS) is 16.9. The van der Waals surface area contributed by atoms with Gasteiger partial charge in [0, 0.05) is 5.92 Å². The van der Waals surface area contributed by atoms with Gasteiger partial charge >= 0.3 is 0 Å². The lowest BCUT2D eigenvalue weighted by Gasteiger charge is -2.18. The Hall–Kier alpha value is -1.75. The van der Waals surface area contributed by atoms with Crippen molar-refractivity contribution in [2.45, 2.75) is 57.3 Å². The van der Waals surface area contributed by atoms with Crippen LogP contribution in [0.5, 0.6) is 0 Å². The van der Waals surface area contributed by atoms with Gasteiger partial charge in [-0.3, -0.25) is 10.1 Å². The SMILES string of the molecule is CC[C@@H](C(=O)Nc1nnc(C2CCCCC2)s1)c1ccccc1. The molecule has 0 unspecified atom stereocenters. The summed E-state index contributed by atoms with van der Waals surface area (Å²) in [6.45, 7) is 2.03. The van der Waals surface area contributed by atoms with Gasteiger partial charge in [-0.2, -0.15) is 0 Å². The molecule has 1 heterocycles. The number of nitrogens with one attached hydrogen (secondary N) is 1. The number of benzene rings is 1. The lowest BCUT2D eigenvalue weighted by atomic mass is 9.90. The summed E-state index contributed by atoms with van der Waals surface area (Å²) < 4.78 is 0. The van der Waals surface area contributed by atoms with E-state index in [4.69, 9.17) is 0 Å². The molecular formula is C18H23N3OS. The number of carbonyl (C=O) groups excluding carboxylic acids is 1. The van der Waals surface area contributed by atoms with E-state index in [-0.39, 0.29) is 11.8 Å². The smallest absolute Gasteiger partial charge is 0.233 e. The van der Waals surface area contributed by atoms with Crippen LogP contribution in [0.15, 0.2) is 30.3 Å². The van der Waals surface area contributed by atoms with E-state index in [2.05, 4.69) is 15.5 Å². The Morgan fingerprint density at radius 2 is 1.96 bits per heavy atom. The molecule has 4 nitrogen and oxygen atoms in total. The van der Waals surface area contributed by atoms with Crippen LogP contribution >= 0.6 is 11.3 Å². The van der Waals surface area contributed by atoms with Crippen molar-refractivity contribution >= 4 is 22.4 Å². The predicted molar refractivity (Wildman–Crippen MR) is 93.8 cm³/mol. The molecule has 1 aromatic carbocycles. The van der Waals surface area contributed by atoms with Crippen LogP contribution in [0.1, 0.15) is 67.9 Å². The second kappa shape index (κ2) is 7.68. The maximum Gasteiger partial charge on any atom is 0.233 e. The molecule has 1 atom stereocenters. The van der Waals surface area contributed by atoms with Gasteiger partial charge in [-0.1, -0.05) is 67.9 Å². The van der Waals surface area contributed by atoms with E-state index in [9.17, 15) is 4.79 Å². The first-order chi connectivity index (χ1) is 11.3. The van der Waals surface area contributed by atoms with Gasteiger partial charge in [-0.25, -0.2) is 0 Å². The lowest BCUT2D eigenvalue weighted by Crippen LogP contribution is -2.20. The quantitative estimate of drug-likeness (QED) is 0.863. The summed E-state index contributed by atoms with van der Waals surface area (Å²) in [5.74, 6) is 0.395. The molecule has 1 aromatic heterocycles. The van der Waals surface area contributed by atoms with Gasteiger partial charge in [-0.15, -0.1) is 10.2 Å². The summed E-state index contributed by atoms with van der Waals surface area (Å²) in [7, 11) is 0. The minimum absolute atomic E-state index is 0.00467. The van der Waals surface area contributed by atoms with Crippen molar-refractivity contribution < 1.29 is 4.79 Å². The first-order valence-electron chi connectivity index (χ1n) is 8.47. The highest BCUT2D eigenvalue weighted by Crippen LogP contribution is 2.35. The van der Waals surface area contributed by atoms with Crippen molar-refractivity contribution in [3.63, 3.8) is 0 Å². The van der Waals surface area contributed by atoms with Gasteiger partial charge < -0.3 is 0 Å². The molecule has 0 bridgehead atoms. The standard InChI is InChI=1S/C18H23N3OS/c1-2-15(13-9-5-3-6-10-13)16(22)19-18-21-20-17(23-18)14-11-7-4-8-12-14/h3,5-6,9-10,14-15H,2,4,7-8,11-12H2,1H3,(H,19,21,22)/t15-/m1/s1. The number of aromatic nitrogens is 2. The zero-order chi connectivity index (χ0) is 16.1. The van der Waals surface area contributed by atoms with Gasteiger partial charge in [0.25, 0.3) is 0 Å². The lowest BCUT2D eigenvalue weighted by molar-refractivity contribution is -0.117. The Morgan fingerprint density at radius 3 is 2.65 bits per heavy atom. The maximum absolute atomic E-state index is 12.6. The zero-order valence-corrected chi connectivity index (χ0v) is 14.3. The fraction of sp³-hybridized carbons (Fsp3) is 0.500. The summed E-state index contributed by atoms with van der Waals surface area (Å²) in [5, 5.41) is 13.1. The van der Waals surface area contributed by atoms with Crippen molar-refractivity contribution in [2.24, 2.45) is 0 Å². The van der Waals surface area contributed by atoms with Crippen LogP contribution < -0.4 is 5.32 Å². The molecule has 3 rings (SSSR count). The first-order valence-corrected chi connectivity index (χ1v) is 9.28. The van der Waals surface area contributed by atoms with Crippen molar-refractivity contribution in [2.75, 3.05) is 5.32 Å². The van der Waals surface area contributed by atoms with Crippen LogP contribution in [0.4, 0.5) is 5.13 Å². The number of carbonyl (C=O) groups is 1. The van der Waals surface area contributed by atoms with Crippen LogP contribution in [0, 0.1) is 0 Å². The predicted octanol–water partition coefficient (Wildman–Crippen LogP) is 4.72. The average Bonchev–Trinajstić information content (AvgIpc) is 3.06. The summed E-state index contributed by atoms with van der Waals surface area (Å²) >= 11 is 1.54. The summed E-state index contributed by atoms with van der Waals surface area (Å²) in [6, 6.07) is 9.91. The zero-order valence-electron chi connectivity index (χ0n) is 13.5. The van der Waals surface area contributed by atoms with Gasteiger partial charge in [0.2, 0.25) is 11.0 Å². The first kappa shape index (κ1) is 16.1. The number of nitrogens with zero attached hydrogens (tertiary/aromatic N) is 2. The largest absolute Gasteiger partial charge is 0.300 e. The van der Waals surface area contributed by atoms with E-state index in [1.807, 2.05) is 37.3 Å². The van der Waals surface area contributed by atoms with E-state index < -0.39 is 0 Å². The van der Waals surface area contributed by atoms with Crippen LogP contribution in [0.25, 0.3) is 0 Å². The van der Waals surface area contributed by atoms with E-state index in [0.29, 0.717) is 11.0 Å². The maximum atomic E-state index is 12.6. The molecule has 1 aliphatic rings. The molecule has 23 heavy (non-hydrogen) atoms. The Balaban J connectivity index is 1.66. The van der Waals surface area contributed by atoms with Crippen LogP contribution in [0.3, 0.4) is 0 Å². The Bertz CT molecular complexity index is 635. The van der Waals surface area contributed by atoms with Gasteiger partial charge in [0.05, 0.1) is 5.92 Å². The van der Waals surface area contributed by atoms with Gasteiger partial charge in [0.15, 0.2) is 0 Å². The Morgan fingerprint density at radius 1 is 1.22 bits per heavy atom. The summed E-state index contributed by atoms with van der Waals surface area (Å²) in [5.41, 5.74) is 1.05. The van der Waals surface area contributed by atoms with Crippen molar-refractivity contribution in [1.29, 1.82) is 0 Å². The van der Waals surface area contributed by atoms with Crippen LogP contribution in [-0.2, 0) is 4.79 Å². The van der Waals surface area contributed by atoms with E-state index in [1.165, 1.54) is 43.4 Å². The highest BCUT2D eigenvalue weighted by atomic mass is 32.1. The molecule has 2 aromatic rings. The van der Waals surface area contributed by atoms with E-state index in [0.717, 1.165) is 17.0 Å². The molecule has 122 valence electrons. The molecule has 1 N–H and O–H groups in total. The minimum Gasteiger partial charge on any atom is -0.300 e.